The number of rotatable bonds is 5. The van der Waals surface area contributed by atoms with Crippen molar-refractivity contribution < 1.29 is 19.1 Å². The van der Waals surface area contributed by atoms with E-state index in [1.807, 2.05) is 26.8 Å². The summed E-state index contributed by atoms with van der Waals surface area (Å²) in [5, 5.41) is 9.81. The molecule has 5 rings (SSSR count). The van der Waals surface area contributed by atoms with Gasteiger partial charge in [0.15, 0.2) is 5.65 Å². The fourth-order valence-electron chi connectivity index (χ4n) is 5.88. The molecule has 10 heteroatoms. The highest BCUT2D eigenvalue weighted by Crippen LogP contribution is 2.33. The first-order valence-corrected chi connectivity index (χ1v) is 13.5. The zero-order valence-electron chi connectivity index (χ0n) is 23.1. The van der Waals surface area contributed by atoms with Gasteiger partial charge >= 0.3 is 11.8 Å². The van der Waals surface area contributed by atoms with E-state index >= 15 is 0 Å². The summed E-state index contributed by atoms with van der Waals surface area (Å²) in [5.41, 5.74) is 0.811. The smallest absolute Gasteiger partial charge is 0.407 e. The quantitative estimate of drug-likeness (QED) is 0.327. The molecule has 1 N–H and O–H groups in total. The fourth-order valence-corrected chi connectivity index (χ4v) is 5.88. The second-order valence-corrected chi connectivity index (χ2v) is 11.4. The van der Waals surface area contributed by atoms with Gasteiger partial charge in [-0.25, -0.2) is 23.5 Å². The van der Waals surface area contributed by atoms with Crippen LogP contribution in [0.3, 0.4) is 0 Å². The topological polar surface area (TPSA) is 114 Å². The van der Waals surface area contributed by atoms with Crippen LogP contribution >= 0.6 is 0 Å². The average Bonchev–Trinajstić information content (AvgIpc) is 2.94. The minimum Gasteiger partial charge on any atom is -0.465 e. The van der Waals surface area contributed by atoms with Crippen LogP contribution in [0, 0.1) is 5.82 Å². The van der Waals surface area contributed by atoms with Crippen LogP contribution in [0.1, 0.15) is 62.9 Å². The number of hydrogen-bond acceptors (Lipinski definition) is 5. The molecule has 1 amide bonds. The number of aldehydes is 1. The number of pyridine rings is 1. The van der Waals surface area contributed by atoms with E-state index in [-0.39, 0.29) is 17.1 Å². The van der Waals surface area contributed by atoms with E-state index in [0.29, 0.717) is 36.9 Å². The summed E-state index contributed by atoms with van der Waals surface area (Å²) in [6.07, 6.45) is 2.51. The Bertz CT molecular complexity index is 1750. The van der Waals surface area contributed by atoms with Crippen molar-refractivity contribution in [3.05, 3.63) is 93.0 Å². The first-order chi connectivity index (χ1) is 19.5. The van der Waals surface area contributed by atoms with Gasteiger partial charge in [-0.2, -0.15) is 0 Å². The van der Waals surface area contributed by atoms with Crippen LogP contribution in [0.15, 0.2) is 70.4 Å². The normalized spacial score (nSPS) is 17.4. The number of amides is 1. The largest absolute Gasteiger partial charge is 0.465 e. The number of aromatic nitrogens is 3. The van der Waals surface area contributed by atoms with Crippen LogP contribution in [0.5, 0.6) is 0 Å². The molecule has 1 aliphatic rings. The monoisotopic (exact) mass is 558 g/mol. The first-order valence-electron chi connectivity index (χ1n) is 13.5. The molecule has 0 bridgehead atoms. The SMILES string of the molecule is CC(C)(C)N(C(=O)O)C1CCC(n2c(=O)c3cc(F)cnc3n(-c3cccc(-c4ccc(C=O)cc4)c3)c2=O)CC1. The van der Waals surface area contributed by atoms with Crippen molar-refractivity contribution >= 4 is 23.4 Å². The molecule has 4 aromatic rings. The Balaban J connectivity index is 1.60. The van der Waals surface area contributed by atoms with Gasteiger partial charge in [0, 0.05) is 23.2 Å². The summed E-state index contributed by atoms with van der Waals surface area (Å²) >= 11 is 0. The van der Waals surface area contributed by atoms with E-state index < -0.39 is 34.7 Å². The third-order valence-electron chi connectivity index (χ3n) is 7.70. The summed E-state index contributed by atoms with van der Waals surface area (Å²) < 4.78 is 16.8. The van der Waals surface area contributed by atoms with Crippen molar-refractivity contribution in [2.75, 3.05) is 0 Å². The molecule has 212 valence electrons. The molecule has 1 aliphatic carbocycles. The van der Waals surface area contributed by atoms with Crippen molar-refractivity contribution in [2.45, 2.75) is 64.1 Å². The first kappa shape index (κ1) is 27.9. The summed E-state index contributed by atoms with van der Waals surface area (Å²) in [7, 11) is 0. The average molecular weight is 559 g/mol. The van der Waals surface area contributed by atoms with Crippen molar-refractivity contribution in [3.8, 4) is 16.8 Å². The lowest BCUT2D eigenvalue weighted by Crippen LogP contribution is -2.53. The third kappa shape index (κ3) is 5.29. The van der Waals surface area contributed by atoms with Crippen molar-refractivity contribution in [1.82, 2.24) is 19.0 Å². The van der Waals surface area contributed by atoms with Gasteiger partial charge in [-0.1, -0.05) is 36.4 Å². The zero-order valence-corrected chi connectivity index (χ0v) is 23.1. The summed E-state index contributed by atoms with van der Waals surface area (Å²) in [6.45, 7) is 5.52. The molecule has 1 saturated carbocycles. The second-order valence-electron chi connectivity index (χ2n) is 11.4. The Morgan fingerprint density at radius 1 is 1.02 bits per heavy atom. The molecule has 2 aromatic carbocycles. The predicted molar refractivity (Wildman–Crippen MR) is 153 cm³/mol. The van der Waals surface area contributed by atoms with Crippen LogP contribution in [-0.4, -0.2) is 48.1 Å². The van der Waals surface area contributed by atoms with Gasteiger partial charge in [0.2, 0.25) is 0 Å². The number of carboxylic acid groups (broad SMARTS) is 1. The second kappa shape index (κ2) is 10.8. The number of hydrogen-bond donors (Lipinski definition) is 1. The number of benzene rings is 2. The highest BCUT2D eigenvalue weighted by atomic mass is 19.1. The Hall–Kier alpha value is -4.60. The van der Waals surface area contributed by atoms with Gasteiger partial charge in [0.1, 0.15) is 12.1 Å². The molecular weight excluding hydrogens is 527 g/mol. The Morgan fingerprint density at radius 2 is 1.71 bits per heavy atom. The predicted octanol–water partition coefficient (Wildman–Crippen LogP) is 5.43. The highest BCUT2D eigenvalue weighted by Gasteiger charge is 2.36. The van der Waals surface area contributed by atoms with Crippen LogP contribution in [0.4, 0.5) is 9.18 Å². The molecule has 2 heterocycles. The number of fused-ring (bicyclic) bond motifs is 1. The molecule has 41 heavy (non-hydrogen) atoms. The molecule has 0 saturated heterocycles. The highest BCUT2D eigenvalue weighted by molar-refractivity contribution is 5.78. The molecular formula is C31H31FN4O5. The maximum Gasteiger partial charge on any atom is 0.407 e. The Kier molecular flexibility index (Phi) is 7.33. The minimum absolute atomic E-state index is 0.0192. The molecule has 0 radical (unpaired) electrons. The van der Waals surface area contributed by atoms with E-state index in [1.165, 1.54) is 14.0 Å². The summed E-state index contributed by atoms with van der Waals surface area (Å²) in [5.74, 6) is -0.693. The van der Waals surface area contributed by atoms with Gasteiger partial charge in [-0.3, -0.25) is 14.2 Å². The fraction of sp³-hybridized carbons (Fsp3) is 0.323. The Morgan fingerprint density at radius 3 is 2.32 bits per heavy atom. The summed E-state index contributed by atoms with van der Waals surface area (Å²) in [4.78, 5) is 56.3. The minimum atomic E-state index is -1.01. The Labute approximate surface area is 235 Å². The van der Waals surface area contributed by atoms with E-state index in [1.54, 1.807) is 42.5 Å². The van der Waals surface area contributed by atoms with E-state index in [2.05, 4.69) is 4.98 Å². The van der Waals surface area contributed by atoms with Crippen molar-refractivity contribution in [1.29, 1.82) is 0 Å². The maximum absolute atomic E-state index is 14.3. The van der Waals surface area contributed by atoms with Gasteiger partial charge in [0.25, 0.3) is 5.56 Å². The number of carbonyl (C=O) groups excluding carboxylic acids is 1. The molecule has 0 spiro atoms. The lowest BCUT2D eigenvalue weighted by molar-refractivity contribution is 0.0506. The lowest BCUT2D eigenvalue weighted by Gasteiger charge is -2.42. The van der Waals surface area contributed by atoms with E-state index in [4.69, 9.17) is 0 Å². The van der Waals surface area contributed by atoms with Gasteiger partial charge < -0.3 is 10.0 Å². The lowest BCUT2D eigenvalue weighted by atomic mass is 9.88. The maximum atomic E-state index is 14.3. The third-order valence-corrected chi connectivity index (χ3v) is 7.70. The van der Waals surface area contributed by atoms with Gasteiger partial charge in [-0.15, -0.1) is 0 Å². The van der Waals surface area contributed by atoms with E-state index in [0.717, 1.165) is 29.7 Å². The van der Waals surface area contributed by atoms with Crippen molar-refractivity contribution in [3.63, 3.8) is 0 Å². The van der Waals surface area contributed by atoms with E-state index in [9.17, 15) is 28.7 Å². The molecule has 0 atom stereocenters. The molecule has 0 unspecified atom stereocenters. The van der Waals surface area contributed by atoms with Crippen LogP contribution in [0.25, 0.3) is 27.8 Å². The van der Waals surface area contributed by atoms with Crippen LogP contribution in [0.2, 0.25) is 0 Å². The molecule has 0 aliphatic heterocycles. The van der Waals surface area contributed by atoms with Gasteiger partial charge in [0.05, 0.1) is 17.3 Å². The standard InChI is InChI=1S/C31H31FN4O5/c1-31(2,3)36(30(40)41)24-13-11-23(12-14-24)35-28(38)26-16-22(32)17-33-27(26)34(29(35)39)25-6-4-5-21(15-25)20-9-7-19(18-37)8-10-20/h4-10,15-18,23-24H,11-14H2,1-3H3,(H,40,41). The number of halogens is 1. The zero-order chi connectivity index (χ0) is 29.5. The van der Waals surface area contributed by atoms with Crippen LogP contribution < -0.4 is 11.2 Å². The summed E-state index contributed by atoms with van der Waals surface area (Å²) in [6, 6.07) is 14.5. The van der Waals surface area contributed by atoms with Crippen molar-refractivity contribution in [2.24, 2.45) is 0 Å². The van der Waals surface area contributed by atoms with Gasteiger partial charge in [-0.05, 0) is 75.8 Å². The molecule has 2 aromatic heterocycles. The van der Waals surface area contributed by atoms with Crippen LogP contribution in [-0.2, 0) is 0 Å². The number of nitrogens with zero attached hydrogens (tertiary/aromatic N) is 4. The number of carbonyl (C=O) groups is 2. The molecule has 9 nitrogen and oxygen atoms in total. The molecule has 1 fully saturated rings.